The third-order valence-corrected chi connectivity index (χ3v) is 8.79. The van der Waals surface area contributed by atoms with Crippen LogP contribution in [0, 0.1) is 0 Å². The highest BCUT2D eigenvalue weighted by Gasteiger charge is 2.43. The number of hydrogen-bond donors (Lipinski definition) is 2. The van der Waals surface area contributed by atoms with Gasteiger partial charge in [-0.3, -0.25) is 14.4 Å². The van der Waals surface area contributed by atoms with Crippen LogP contribution in [0.1, 0.15) is 38.1 Å². The zero-order valence-corrected chi connectivity index (χ0v) is 29.9. The number of primary amides is 1. The molecule has 0 bridgehead atoms. The number of fused-ring (bicyclic) bond motifs is 1. The Balaban J connectivity index is 1.42. The van der Waals surface area contributed by atoms with Crippen molar-refractivity contribution in [3.05, 3.63) is 90.5 Å². The number of likely N-dealkylation sites (N-methyl/N-ethyl adjacent to an activating group) is 1. The Morgan fingerprint density at radius 2 is 1.69 bits per heavy atom. The van der Waals surface area contributed by atoms with E-state index >= 15 is 0 Å². The first kappa shape index (κ1) is 36.9. The SMILES string of the molecule is COc1ccc2c(O[C@@H]3C[C@@H](C(N)=O)N(C(=O)[C@H](CN(C)C(=O)[C@H](Cl)c4ccccc4)NC(=O)OC(C)(C)C)C3)cc(-c3ccccc3)nc2c1. The average Bonchev–Trinajstić information content (AvgIpc) is 3.54. The van der Waals surface area contributed by atoms with Crippen LogP contribution in [-0.2, 0) is 19.1 Å². The Hall–Kier alpha value is -5.36. The van der Waals surface area contributed by atoms with Crippen molar-refractivity contribution >= 4 is 46.3 Å². The van der Waals surface area contributed by atoms with Crippen LogP contribution >= 0.6 is 11.6 Å². The molecule has 1 aliphatic rings. The zero-order chi connectivity index (χ0) is 36.9. The molecule has 4 aromatic rings. The second-order valence-corrected chi connectivity index (χ2v) is 13.8. The topological polar surface area (TPSA) is 153 Å². The lowest BCUT2D eigenvalue weighted by Gasteiger charge is -2.31. The first-order valence-corrected chi connectivity index (χ1v) is 16.9. The van der Waals surface area contributed by atoms with Crippen LogP contribution in [0.2, 0.25) is 0 Å². The van der Waals surface area contributed by atoms with Gasteiger partial charge in [0.05, 0.1) is 24.9 Å². The van der Waals surface area contributed by atoms with Gasteiger partial charge in [-0.25, -0.2) is 9.78 Å². The van der Waals surface area contributed by atoms with E-state index < -0.39 is 53.0 Å². The van der Waals surface area contributed by atoms with E-state index in [1.807, 2.05) is 42.5 Å². The number of halogens is 1. The predicted octanol–water partition coefficient (Wildman–Crippen LogP) is 5.08. The van der Waals surface area contributed by atoms with Crippen LogP contribution in [0.25, 0.3) is 22.2 Å². The first-order chi connectivity index (χ1) is 24.2. The molecule has 1 saturated heterocycles. The highest BCUT2D eigenvalue weighted by Crippen LogP contribution is 2.34. The molecular formula is C38H42ClN5O7. The number of pyridine rings is 1. The van der Waals surface area contributed by atoms with Crippen LogP contribution in [0.3, 0.4) is 0 Å². The normalized spacial score (nSPS) is 16.9. The van der Waals surface area contributed by atoms with Crippen molar-refractivity contribution in [2.75, 3.05) is 27.2 Å². The fraction of sp³-hybridized carbons (Fsp3) is 0.342. The van der Waals surface area contributed by atoms with Crippen molar-refractivity contribution in [3.63, 3.8) is 0 Å². The maximum Gasteiger partial charge on any atom is 0.408 e. The highest BCUT2D eigenvalue weighted by molar-refractivity contribution is 6.30. The number of methoxy groups -OCH3 is 1. The van der Waals surface area contributed by atoms with Gasteiger partial charge < -0.3 is 35.1 Å². The molecular weight excluding hydrogens is 674 g/mol. The summed E-state index contributed by atoms with van der Waals surface area (Å²) in [4.78, 5) is 60.8. The van der Waals surface area contributed by atoms with Crippen molar-refractivity contribution in [3.8, 4) is 22.8 Å². The maximum absolute atomic E-state index is 14.3. The molecule has 268 valence electrons. The fourth-order valence-corrected chi connectivity index (χ4v) is 6.20. The second kappa shape index (κ2) is 15.7. The van der Waals surface area contributed by atoms with E-state index in [2.05, 4.69) is 5.32 Å². The largest absolute Gasteiger partial charge is 0.497 e. The molecule has 1 fully saturated rings. The predicted molar refractivity (Wildman–Crippen MR) is 193 cm³/mol. The van der Waals surface area contributed by atoms with E-state index in [9.17, 15) is 19.2 Å². The smallest absolute Gasteiger partial charge is 0.408 e. The van der Waals surface area contributed by atoms with E-state index in [0.717, 1.165) is 5.56 Å². The minimum Gasteiger partial charge on any atom is -0.497 e. The molecule has 4 atom stereocenters. The third kappa shape index (κ3) is 9.06. The van der Waals surface area contributed by atoms with Gasteiger partial charge in [0, 0.05) is 43.1 Å². The van der Waals surface area contributed by atoms with E-state index in [-0.39, 0.29) is 19.5 Å². The van der Waals surface area contributed by atoms with Gasteiger partial charge in [0.1, 0.15) is 40.7 Å². The Labute approximate surface area is 301 Å². The Morgan fingerprint density at radius 1 is 1.02 bits per heavy atom. The van der Waals surface area contributed by atoms with Crippen LogP contribution in [-0.4, -0.2) is 89.6 Å². The number of nitrogens with two attached hydrogens (primary N) is 1. The maximum atomic E-state index is 14.3. The van der Waals surface area contributed by atoms with Gasteiger partial charge in [-0.1, -0.05) is 60.7 Å². The van der Waals surface area contributed by atoms with Crippen LogP contribution in [0.4, 0.5) is 4.79 Å². The number of carbonyl (C=O) groups excluding carboxylic acids is 4. The molecule has 51 heavy (non-hydrogen) atoms. The fourth-order valence-electron chi connectivity index (χ4n) is 5.89. The van der Waals surface area contributed by atoms with Gasteiger partial charge >= 0.3 is 6.09 Å². The zero-order valence-electron chi connectivity index (χ0n) is 29.2. The molecule has 1 aliphatic heterocycles. The van der Waals surface area contributed by atoms with Gasteiger partial charge in [-0.2, -0.15) is 0 Å². The summed E-state index contributed by atoms with van der Waals surface area (Å²) in [5, 5.41) is 2.27. The number of likely N-dealkylation sites (tertiary alicyclic amines) is 1. The van der Waals surface area contributed by atoms with Crippen molar-refractivity contribution in [1.29, 1.82) is 0 Å². The summed E-state index contributed by atoms with van der Waals surface area (Å²) in [6.07, 6.45) is -1.44. The molecule has 0 spiro atoms. The van der Waals surface area contributed by atoms with Crippen molar-refractivity contribution < 1.29 is 33.4 Å². The number of hydrogen-bond acceptors (Lipinski definition) is 8. The summed E-state index contributed by atoms with van der Waals surface area (Å²) >= 11 is 6.52. The average molecular weight is 716 g/mol. The van der Waals surface area contributed by atoms with E-state index in [4.69, 9.17) is 36.5 Å². The molecule has 0 radical (unpaired) electrons. The number of nitrogens with zero attached hydrogens (tertiary/aromatic N) is 3. The summed E-state index contributed by atoms with van der Waals surface area (Å²) in [5.74, 6) is -0.763. The molecule has 2 heterocycles. The summed E-state index contributed by atoms with van der Waals surface area (Å²) in [5.41, 5.74) is 7.70. The van der Waals surface area contributed by atoms with E-state index in [0.29, 0.717) is 33.7 Å². The van der Waals surface area contributed by atoms with Crippen LogP contribution in [0.5, 0.6) is 11.5 Å². The molecule has 3 N–H and O–H groups in total. The number of ether oxygens (including phenoxy) is 3. The summed E-state index contributed by atoms with van der Waals surface area (Å²) in [7, 11) is 3.05. The molecule has 3 aromatic carbocycles. The van der Waals surface area contributed by atoms with Gasteiger partial charge in [0.15, 0.2) is 0 Å². The first-order valence-electron chi connectivity index (χ1n) is 16.5. The van der Waals surface area contributed by atoms with Crippen molar-refractivity contribution in [1.82, 2.24) is 20.1 Å². The number of benzene rings is 3. The van der Waals surface area contributed by atoms with Gasteiger partial charge in [0.2, 0.25) is 17.7 Å². The Morgan fingerprint density at radius 3 is 2.31 bits per heavy atom. The molecule has 0 saturated carbocycles. The van der Waals surface area contributed by atoms with Crippen molar-refractivity contribution in [2.24, 2.45) is 5.73 Å². The molecule has 13 heteroatoms. The molecule has 12 nitrogen and oxygen atoms in total. The van der Waals surface area contributed by atoms with Gasteiger partial charge in [-0.05, 0) is 38.5 Å². The van der Waals surface area contributed by atoms with Crippen LogP contribution in [0.15, 0.2) is 84.9 Å². The minimum atomic E-state index is -1.31. The number of alkyl carbamates (subject to hydrolysis) is 1. The van der Waals surface area contributed by atoms with Crippen LogP contribution < -0.4 is 20.5 Å². The summed E-state index contributed by atoms with van der Waals surface area (Å²) < 4.78 is 17.4. The summed E-state index contributed by atoms with van der Waals surface area (Å²) in [6, 6.07) is 23.3. The molecule has 0 aliphatic carbocycles. The monoisotopic (exact) mass is 715 g/mol. The molecule has 0 unspecified atom stereocenters. The minimum absolute atomic E-state index is 0.0284. The lowest BCUT2D eigenvalue weighted by molar-refractivity contribution is -0.140. The molecule has 1 aromatic heterocycles. The third-order valence-electron chi connectivity index (χ3n) is 8.35. The van der Waals surface area contributed by atoms with E-state index in [1.165, 1.54) is 16.8 Å². The number of rotatable bonds is 11. The second-order valence-electron chi connectivity index (χ2n) is 13.3. The number of carbonyl (C=O) groups is 4. The lowest BCUT2D eigenvalue weighted by Crippen LogP contribution is -2.57. The molecule has 5 rings (SSSR count). The number of aromatic nitrogens is 1. The lowest BCUT2D eigenvalue weighted by atomic mass is 10.1. The van der Waals surface area contributed by atoms with Gasteiger partial charge in [0.25, 0.3) is 0 Å². The Kier molecular flexibility index (Phi) is 11.3. The highest BCUT2D eigenvalue weighted by atomic mass is 35.5. The number of alkyl halides is 1. The molecule has 4 amide bonds. The Bertz CT molecular complexity index is 1890. The van der Waals surface area contributed by atoms with Crippen molar-refractivity contribution in [2.45, 2.75) is 56.4 Å². The van der Waals surface area contributed by atoms with Gasteiger partial charge in [-0.15, -0.1) is 11.6 Å². The standard InChI is InChI=1S/C38H42ClN5O7/c1-38(2,3)51-37(48)42-30(22-43(4)36(47)33(39)24-14-10-7-11-15-24)35(46)44-21-26(19-31(44)34(40)45)50-32-20-28(23-12-8-6-9-13-23)41-29-18-25(49-5)16-17-27(29)32/h6-18,20,26,30-31,33H,19,21-22H2,1-5H3,(H2,40,45)(H,42,48)/t26-,30+,31+,33-/m1/s1. The summed E-state index contributed by atoms with van der Waals surface area (Å²) in [6.45, 7) is 4.76. The quantitative estimate of drug-likeness (QED) is 0.204. The number of nitrogens with one attached hydrogen (secondary N) is 1. The number of amides is 4. The van der Waals surface area contributed by atoms with E-state index in [1.54, 1.807) is 70.3 Å².